The van der Waals surface area contributed by atoms with Gasteiger partial charge in [-0.15, -0.1) is 0 Å². The number of halogens is 2. The lowest BCUT2D eigenvalue weighted by molar-refractivity contribution is -0.140. The van der Waals surface area contributed by atoms with Crippen molar-refractivity contribution in [1.82, 2.24) is 10.2 Å². The van der Waals surface area contributed by atoms with E-state index in [-0.39, 0.29) is 29.5 Å². The third kappa shape index (κ3) is 7.70. The van der Waals surface area contributed by atoms with Crippen molar-refractivity contribution >= 4 is 50.7 Å². The molecule has 0 spiro atoms. The fraction of sp³-hybridized carbons (Fsp3) is 0.188. The highest BCUT2D eigenvalue weighted by Crippen LogP contribution is 2.27. The number of rotatable bonds is 12. The highest BCUT2D eigenvalue weighted by atomic mass is 35.5. The molecule has 4 aromatic carbocycles. The number of carbonyl (C=O) groups is 2. The molecule has 0 aliphatic rings. The average molecular weight is 625 g/mol. The lowest BCUT2D eigenvalue weighted by atomic mass is 10.0. The van der Waals surface area contributed by atoms with Gasteiger partial charge in [0.05, 0.1) is 10.6 Å². The van der Waals surface area contributed by atoms with Crippen LogP contribution in [0.15, 0.2) is 114 Å². The molecule has 0 unspecified atom stereocenters. The van der Waals surface area contributed by atoms with Gasteiger partial charge in [-0.05, 0) is 54.4 Å². The van der Waals surface area contributed by atoms with E-state index in [0.29, 0.717) is 22.2 Å². The van der Waals surface area contributed by atoms with Crippen LogP contribution in [0.1, 0.15) is 18.1 Å². The Balaban J connectivity index is 1.80. The number of anilines is 1. The van der Waals surface area contributed by atoms with E-state index < -0.39 is 28.5 Å². The van der Waals surface area contributed by atoms with Gasteiger partial charge in [0.15, 0.2) is 0 Å². The van der Waals surface area contributed by atoms with E-state index >= 15 is 0 Å². The molecule has 0 saturated carbocycles. The zero-order valence-electron chi connectivity index (χ0n) is 23.0. The largest absolute Gasteiger partial charge is 0.355 e. The summed E-state index contributed by atoms with van der Waals surface area (Å²) in [4.78, 5) is 29.2. The summed E-state index contributed by atoms with van der Waals surface area (Å²) in [6, 6.07) is 29.6. The monoisotopic (exact) mass is 623 g/mol. The molecule has 10 heteroatoms. The highest BCUT2D eigenvalue weighted by molar-refractivity contribution is 7.92. The minimum absolute atomic E-state index is 0.0120. The summed E-state index contributed by atoms with van der Waals surface area (Å²) in [6.07, 6.45) is 0.214. The van der Waals surface area contributed by atoms with Crippen molar-refractivity contribution in [3.8, 4) is 0 Å². The van der Waals surface area contributed by atoms with E-state index in [1.54, 1.807) is 67.6 Å². The van der Waals surface area contributed by atoms with Gasteiger partial charge in [-0.2, -0.15) is 0 Å². The van der Waals surface area contributed by atoms with Crippen LogP contribution in [-0.4, -0.2) is 44.3 Å². The maximum absolute atomic E-state index is 14.3. The Morgan fingerprint density at radius 1 is 0.833 bits per heavy atom. The van der Waals surface area contributed by atoms with E-state index in [1.807, 2.05) is 30.3 Å². The first-order valence-electron chi connectivity index (χ1n) is 13.4. The van der Waals surface area contributed by atoms with Crippen LogP contribution in [0.4, 0.5) is 5.69 Å². The first kappa shape index (κ1) is 31.1. The van der Waals surface area contributed by atoms with Crippen LogP contribution in [0.25, 0.3) is 0 Å². The second-order valence-electron chi connectivity index (χ2n) is 9.52. The molecule has 0 radical (unpaired) electrons. The molecule has 0 aliphatic carbocycles. The third-order valence-electron chi connectivity index (χ3n) is 6.63. The summed E-state index contributed by atoms with van der Waals surface area (Å²) in [5.41, 5.74) is 1.68. The van der Waals surface area contributed by atoms with Gasteiger partial charge in [-0.3, -0.25) is 13.9 Å². The fourth-order valence-electron chi connectivity index (χ4n) is 4.54. The van der Waals surface area contributed by atoms with Crippen LogP contribution in [0.5, 0.6) is 0 Å². The second kappa shape index (κ2) is 14.4. The van der Waals surface area contributed by atoms with Crippen molar-refractivity contribution in [2.24, 2.45) is 0 Å². The van der Waals surface area contributed by atoms with Crippen LogP contribution in [0.2, 0.25) is 10.0 Å². The number of amides is 2. The Bertz CT molecular complexity index is 1620. The number of sulfonamides is 1. The van der Waals surface area contributed by atoms with Gasteiger partial charge in [0, 0.05) is 29.6 Å². The summed E-state index contributed by atoms with van der Waals surface area (Å²) < 4.78 is 28.9. The van der Waals surface area contributed by atoms with E-state index in [4.69, 9.17) is 23.2 Å². The molecule has 0 fully saturated rings. The summed E-state index contributed by atoms with van der Waals surface area (Å²) in [7, 11) is -4.19. The van der Waals surface area contributed by atoms with Crippen LogP contribution in [0, 0.1) is 0 Å². The van der Waals surface area contributed by atoms with E-state index in [2.05, 4.69) is 5.32 Å². The molecular formula is C32H31Cl2N3O4S. The molecule has 42 heavy (non-hydrogen) atoms. The Morgan fingerprint density at radius 3 is 2.12 bits per heavy atom. The summed E-state index contributed by atoms with van der Waals surface area (Å²) >= 11 is 12.7. The molecule has 7 nitrogen and oxygen atoms in total. The summed E-state index contributed by atoms with van der Waals surface area (Å²) in [5, 5.41) is 3.57. The molecular weight excluding hydrogens is 593 g/mol. The number of hydrogen-bond acceptors (Lipinski definition) is 4. The topological polar surface area (TPSA) is 86.8 Å². The van der Waals surface area contributed by atoms with Crippen molar-refractivity contribution in [2.45, 2.75) is 30.8 Å². The third-order valence-corrected chi connectivity index (χ3v) is 9.02. The maximum atomic E-state index is 14.3. The molecule has 0 heterocycles. The molecule has 2 amide bonds. The first-order chi connectivity index (χ1) is 20.2. The van der Waals surface area contributed by atoms with E-state index in [9.17, 15) is 18.0 Å². The predicted octanol–water partition coefficient (Wildman–Crippen LogP) is 5.96. The SMILES string of the molecule is CCNC(=O)[C@H](Cc1ccccc1)N(Cc1ccccc1Cl)C(=O)CN(c1cccc(Cl)c1)S(=O)(=O)c1ccccc1. The minimum atomic E-state index is -4.19. The molecule has 4 aromatic rings. The minimum Gasteiger partial charge on any atom is -0.355 e. The van der Waals surface area contributed by atoms with Gasteiger partial charge in [-0.25, -0.2) is 8.42 Å². The van der Waals surface area contributed by atoms with Crippen LogP contribution < -0.4 is 9.62 Å². The van der Waals surface area contributed by atoms with Gasteiger partial charge in [0.2, 0.25) is 11.8 Å². The highest BCUT2D eigenvalue weighted by Gasteiger charge is 2.34. The molecule has 218 valence electrons. The number of carbonyl (C=O) groups excluding carboxylic acids is 2. The number of nitrogens with zero attached hydrogens (tertiary/aromatic N) is 2. The van der Waals surface area contributed by atoms with Crippen molar-refractivity contribution in [3.05, 3.63) is 130 Å². The predicted molar refractivity (Wildman–Crippen MR) is 167 cm³/mol. The summed E-state index contributed by atoms with van der Waals surface area (Å²) in [6.45, 7) is 1.56. The van der Waals surface area contributed by atoms with Gasteiger partial charge < -0.3 is 10.2 Å². The molecule has 1 N–H and O–H groups in total. The maximum Gasteiger partial charge on any atom is 0.264 e. The number of benzene rings is 4. The van der Waals surface area contributed by atoms with Crippen LogP contribution in [-0.2, 0) is 32.6 Å². The quantitative estimate of drug-likeness (QED) is 0.211. The van der Waals surface area contributed by atoms with Crippen molar-refractivity contribution in [2.75, 3.05) is 17.4 Å². The zero-order valence-corrected chi connectivity index (χ0v) is 25.3. The lowest BCUT2D eigenvalue weighted by Crippen LogP contribution is -2.53. The fourth-order valence-corrected chi connectivity index (χ4v) is 6.34. The number of likely N-dealkylation sites (N-methyl/N-ethyl adjacent to an activating group) is 1. The Labute approximate surface area is 256 Å². The van der Waals surface area contributed by atoms with Crippen LogP contribution in [0.3, 0.4) is 0 Å². The second-order valence-corrected chi connectivity index (χ2v) is 12.2. The normalized spacial score (nSPS) is 11.9. The molecule has 1 atom stereocenters. The van der Waals surface area contributed by atoms with Crippen molar-refractivity contribution in [3.63, 3.8) is 0 Å². The molecule has 0 aliphatic heterocycles. The van der Waals surface area contributed by atoms with Gasteiger partial charge >= 0.3 is 0 Å². The lowest BCUT2D eigenvalue weighted by Gasteiger charge is -2.34. The van der Waals surface area contributed by atoms with Crippen molar-refractivity contribution < 1.29 is 18.0 Å². The van der Waals surface area contributed by atoms with Gasteiger partial charge in [0.25, 0.3) is 10.0 Å². The summed E-state index contributed by atoms with van der Waals surface area (Å²) in [5.74, 6) is -0.941. The smallest absolute Gasteiger partial charge is 0.264 e. The molecule has 0 aromatic heterocycles. The standard InChI is InChI=1S/C32H31Cl2N3O4S/c1-2-35-32(39)30(20-24-12-5-3-6-13-24)36(22-25-14-9-10-19-29(25)34)31(38)23-37(27-16-11-15-26(33)21-27)42(40,41)28-17-7-4-8-18-28/h3-19,21,30H,2,20,22-23H2,1H3,(H,35,39)/t30-/m0/s1. The average Bonchev–Trinajstić information content (AvgIpc) is 2.99. The molecule has 0 saturated heterocycles. The van der Waals surface area contributed by atoms with E-state index in [1.165, 1.54) is 23.1 Å². The number of hydrogen-bond donors (Lipinski definition) is 1. The van der Waals surface area contributed by atoms with E-state index in [0.717, 1.165) is 9.87 Å². The van der Waals surface area contributed by atoms with Gasteiger partial charge in [0.1, 0.15) is 12.6 Å². The molecule has 0 bridgehead atoms. The Hall–Kier alpha value is -3.85. The zero-order chi connectivity index (χ0) is 30.1. The van der Waals surface area contributed by atoms with Gasteiger partial charge in [-0.1, -0.05) is 96.0 Å². The number of nitrogens with one attached hydrogen (secondary N) is 1. The van der Waals surface area contributed by atoms with Crippen molar-refractivity contribution in [1.29, 1.82) is 0 Å². The first-order valence-corrected chi connectivity index (χ1v) is 15.6. The Kier molecular flexibility index (Phi) is 10.6. The molecule has 4 rings (SSSR count). The van der Waals surface area contributed by atoms with Crippen LogP contribution >= 0.6 is 23.2 Å². The Morgan fingerprint density at radius 2 is 1.48 bits per heavy atom.